The SMILES string of the molecule is COc1ccc2c(-c3ccccc3)c(C(=O)N[C@@H](C)[C@H]3CCCO3)oc2c1. The number of furan rings is 1. The number of methoxy groups -OCH3 is 1. The number of amides is 1. The molecule has 5 heteroatoms. The number of hydrogen-bond donors (Lipinski definition) is 1. The fraction of sp³-hybridized carbons (Fsp3) is 0.318. The molecule has 0 saturated carbocycles. The van der Waals surface area contributed by atoms with Crippen LogP contribution in [0.3, 0.4) is 0 Å². The molecule has 1 amide bonds. The van der Waals surface area contributed by atoms with Crippen LogP contribution in [0.5, 0.6) is 5.75 Å². The van der Waals surface area contributed by atoms with E-state index in [0.717, 1.165) is 36.0 Å². The molecule has 5 nitrogen and oxygen atoms in total. The van der Waals surface area contributed by atoms with E-state index in [-0.39, 0.29) is 18.1 Å². The Kier molecular flexibility index (Phi) is 4.86. The van der Waals surface area contributed by atoms with Crippen LogP contribution < -0.4 is 10.1 Å². The molecule has 0 spiro atoms. The second-order valence-corrected chi connectivity index (χ2v) is 6.85. The molecule has 2 atom stereocenters. The van der Waals surface area contributed by atoms with E-state index in [1.54, 1.807) is 7.11 Å². The minimum Gasteiger partial charge on any atom is -0.497 e. The van der Waals surface area contributed by atoms with Crippen molar-refractivity contribution in [3.8, 4) is 16.9 Å². The topological polar surface area (TPSA) is 60.7 Å². The molecule has 3 aromatic rings. The van der Waals surface area contributed by atoms with Crippen molar-refractivity contribution in [1.29, 1.82) is 0 Å². The molecule has 27 heavy (non-hydrogen) atoms. The summed E-state index contributed by atoms with van der Waals surface area (Å²) in [6.07, 6.45) is 2.05. The third-order valence-corrected chi connectivity index (χ3v) is 5.05. The first-order valence-corrected chi connectivity index (χ1v) is 9.26. The summed E-state index contributed by atoms with van der Waals surface area (Å²) in [6.45, 7) is 2.73. The Bertz CT molecular complexity index is 942. The molecule has 1 aliphatic rings. The fourth-order valence-corrected chi connectivity index (χ4v) is 3.62. The van der Waals surface area contributed by atoms with Crippen molar-refractivity contribution in [1.82, 2.24) is 5.32 Å². The summed E-state index contributed by atoms with van der Waals surface area (Å²) in [5, 5.41) is 3.93. The van der Waals surface area contributed by atoms with Crippen molar-refractivity contribution in [2.45, 2.75) is 31.9 Å². The van der Waals surface area contributed by atoms with Crippen LogP contribution in [0.1, 0.15) is 30.3 Å². The predicted molar refractivity (Wildman–Crippen MR) is 104 cm³/mol. The molecule has 1 aliphatic heterocycles. The molecular weight excluding hydrogens is 342 g/mol. The minimum atomic E-state index is -0.230. The van der Waals surface area contributed by atoms with Gasteiger partial charge in [0.1, 0.15) is 11.3 Å². The Morgan fingerprint density at radius 2 is 2.04 bits per heavy atom. The maximum Gasteiger partial charge on any atom is 0.287 e. The molecule has 2 aromatic carbocycles. The van der Waals surface area contributed by atoms with Gasteiger partial charge < -0.3 is 19.2 Å². The number of rotatable bonds is 5. The monoisotopic (exact) mass is 365 g/mol. The Hall–Kier alpha value is -2.79. The molecule has 0 unspecified atom stereocenters. The number of fused-ring (bicyclic) bond motifs is 1. The third kappa shape index (κ3) is 3.43. The van der Waals surface area contributed by atoms with Crippen LogP contribution in [0.2, 0.25) is 0 Å². The molecule has 0 bridgehead atoms. The van der Waals surface area contributed by atoms with E-state index in [9.17, 15) is 4.79 Å². The van der Waals surface area contributed by atoms with Gasteiger partial charge in [0.15, 0.2) is 0 Å². The van der Waals surface area contributed by atoms with Crippen LogP contribution in [0.4, 0.5) is 0 Å². The fourth-order valence-electron chi connectivity index (χ4n) is 3.62. The van der Waals surface area contributed by atoms with Crippen LogP contribution in [-0.4, -0.2) is 31.8 Å². The molecule has 1 saturated heterocycles. The maximum absolute atomic E-state index is 13.0. The van der Waals surface area contributed by atoms with Crippen LogP contribution in [0.15, 0.2) is 52.9 Å². The van der Waals surface area contributed by atoms with Crippen LogP contribution in [0.25, 0.3) is 22.1 Å². The van der Waals surface area contributed by atoms with Gasteiger partial charge in [-0.05, 0) is 37.5 Å². The molecule has 1 N–H and O–H groups in total. The normalized spacial score (nSPS) is 17.8. The van der Waals surface area contributed by atoms with Gasteiger partial charge in [-0.1, -0.05) is 30.3 Å². The van der Waals surface area contributed by atoms with E-state index in [0.29, 0.717) is 17.1 Å². The second-order valence-electron chi connectivity index (χ2n) is 6.85. The van der Waals surface area contributed by atoms with E-state index in [1.807, 2.05) is 55.5 Å². The van der Waals surface area contributed by atoms with Gasteiger partial charge in [0, 0.05) is 23.6 Å². The van der Waals surface area contributed by atoms with Crippen molar-refractivity contribution in [3.63, 3.8) is 0 Å². The van der Waals surface area contributed by atoms with Gasteiger partial charge >= 0.3 is 0 Å². The van der Waals surface area contributed by atoms with Crippen LogP contribution >= 0.6 is 0 Å². The lowest BCUT2D eigenvalue weighted by Crippen LogP contribution is -2.40. The zero-order valence-corrected chi connectivity index (χ0v) is 15.5. The number of nitrogens with one attached hydrogen (secondary N) is 1. The van der Waals surface area contributed by atoms with Crippen molar-refractivity contribution in [2.75, 3.05) is 13.7 Å². The van der Waals surface area contributed by atoms with Gasteiger partial charge in [0.2, 0.25) is 5.76 Å². The Morgan fingerprint density at radius 1 is 1.22 bits per heavy atom. The number of ether oxygens (including phenoxy) is 2. The lowest BCUT2D eigenvalue weighted by atomic mass is 10.0. The van der Waals surface area contributed by atoms with Crippen molar-refractivity contribution < 1.29 is 18.7 Å². The highest BCUT2D eigenvalue weighted by atomic mass is 16.5. The molecule has 4 rings (SSSR count). The maximum atomic E-state index is 13.0. The van der Waals surface area contributed by atoms with Gasteiger partial charge in [-0.3, -0.25) is 4.79 Å². The van der Waals surface area contributed by atoms with E-state index in [1.165, 1.54) is 0 Å². The van der Waals surface area contributed by atoms with E-state index >= 15 is 0 Å². The lowest BCUT2D eigenvalue weighted by Gasteiger charge is -2.19. The van der Waals surface area contributed by atoms with E-state index < -0.39 is 0 Å². The summed E-state index contributed by atoms with van der Waals surface area (Å²) in [4.78, 5) is 13.0. The second kappa shape index (κ2) is 7.45. The summed E-state index contributed by atoms with van der Waals surface area (Å²) in [6, 6.07) is 15.4. The van der Waals surface area contributed by atoms with E-state index in [4.69, 9.17) is 13.9 Å². The van der Waals surface area contributed by atoms with E-state index in [2.05, 4.69) is 5.32 Å². The summed E-state index contributed by atoms with van der Waals surface area (Å²) in [7, 11) is 1.61. The van der Waals surface area contributed by atoms with Gasteiger partial charge in [-0.2, -0.15) is 0 Å². The average Bonchev–Trinajstić information content (AvgIpc) is 3.36. The highest BCUT2D eigenvalue weighted by Crippen LogP contribution is 2.36. The highest BCUT2D eigenvalue weighted by Gasteiger charge is 2.27. The number of carbonyl (C=O) groups is 1. The Morgan fingerprint density at radius 3 is 2.74 bits per heavy atom. The summed E-state index contributed by atoms with van der Waals surface area (Å²) < 4.78 is 17.0. The summed E-state index contributed by atoms with van der Waals surface area (Å²) in [5.74, 6) is 0.775. The van der Waals surface area contributed by atoms with Gasteiger partial charge in [-0.25, -0.2) is 0 Å². The first-order chi connectivity index (χ1) is 13.2. The number of hydrogen-bond acceptors (Lipinski definition) is 4. The lowest BCUT2D eigenvalue weighted by molar-refractivity contribution is 0.0698. The smallest absolute Gasteiger partial charge is 0.287 e. The van der Waals surface area contributed by atoms with Gasteiger partial charge in [0.25, 0.3) is 5.91 Å². The molecule has 0 aliphatic carbocycles. The third-order valence-electron chi connectivity index (χ3n) is 5.05. The quantitative estimate of drug-likeness (QED) is 0.728. The standard InChI is InChI=1S/C22H23NO4/c1-14(18-9-6-12-26-18)23-22(24)21-20(15-7-4-3-5-8-15)17-11-10-16(25-2)13-19(17)27-21/h3-5,7-8,10-11,13-14,18H,6,9,12H2,1-2H3,(H,23,24)/t14-,18+/m0/s1. The summed E-state index contributed by atoms with van der Waals surface area (Å²) >= 11 is 0. The molecule has 2 heterocycles. The molecule has 1 aromatic heterocycles. The van der Waals surface area contributed by atoms with Crippen molar-refractivity contribution in [3.05, 3.63) is 54.3 Å². The first kappa shape index (κ1) is 17.6. The predicted octanol–water partition coefficient (Wildman–Crippen LogP) is 4.41. The van der Waals surface area contributed by atoms with Crippen molar-refractivity contribution >= 4 is 16.9 Å². The molecule has 0 radical (unpaired) electrons. The minimum absolute atomic E-state index is 0.0543. The highest BCUT2D eigenvalue weighted by molar-refractivity contribution is 6.08. The zero-order chi connectivity index (χ0) is 18.8. The van der Waals surface area contributed by atoms with Crippen LogP contribution in [0, 0.1) is 0 Å². The number of benzene rings is 2. The van der Waals surface area contributed by atoms with Crippen LogP contribution in [-0.2, 0) is 4.74 Å². The molecular formula is C22H23NO4. The largest absolute Gasteiger partial charge is 0.497 e. The summed E-state index contributed by atoms with van der Waals surface area (Å²) in [5.41, 5.74) is 2.37. The molecule has 140 valence electrons. The average molecular weight is 365 g/mol. The Labute approximate surface area is 158 Å². The zero-order valence-electron chi connectivity index (χ0n) is 15.5. The van der Waals surface area contributed by atoms with Gasteiger partial charge in [0.05, 0.1) is 19.3 Å². The Balaban J connectivity index is 1.75. The first-order valence-electron chi connectivity index (χ1n) is 9.26. The molecule has 1 fully saturated rings. The number of carbonyl (C=O) groups excluding carboxylic acids is 1. The van der Waals surface area contributed by atoms with Gasteiger partial charge in [-0.15, -0.1) is 0 Å². The van der Waals surface area contributed by atoms with Crippen molar-refractivity contribution in [2.24, 2.45) is 0 Å².